The zero-order valence-electron chi connectivity index (χ0n) is 13.7. The summed E-state index contributed by atoms with van der Waals surface area (Å²) in [6.45, 7) is 1.55. The number of benzene rings is 2. The van der Waals surface area contributed by atoms with Gasteiger partial charge in [-0.1, -0.05) is 18.2 Å². The van der Waals surface area contributed by atoms with Crippen molar-refractivity contribution in [3.05, 3.63) is 69.9 Å². The lowest BCUT2D eigenvalue weighted by molar-refractivity contribution is -0.384. The third-order valence-electron chi connectivity index (χ3n) is 3.60. The van der Waals surface area contributed by atoms with Crippen LogP contribution in [0.3, 0.4) is 0 Å². The summed E-state index contributed by atoms with van der Waals surface area (Å²) in [4.78, 5) is 10.9. The van der Waals surface area contributed by atoms with Crippen molar-refractivity contribution < 1.29 is 15.1 Å². The molecule has 0 aliphatic rings. The number of rotatable bonds is 5. The minimum absolute atomic E-state index is 0.109. The predicted molar refractivity (Wildman–Crippen MR) is 95.9 cm³/mol. The minimum Gasteiger partial charge on any atom is -0.504 e. The van der Waals surface area contributed by atoms with Gasteiger partial charge in [0.1, 0.15) is 5.69 Å². The second-order valence-electron chi connectivity index (χ2n) is 5.41. The van der Waals surface area contributed by atoms with Crippen molar-refractivity contribution >= 4 is 17.7 Å². The van der Waals surface area contributed by atoms with E-state index < -0.39 is 4.92 Å². The van der Waals surface area contributed by atoms with E-state index in [0.717, 1.165) is 0 Å². The van der Waals surface area contributed by atoms with Gasteiger partial charge in [-0.15, -0.1) is 0 Å². The molecule has 0 unspecified atom stereocenters. The number of aryl methyl sites for hydroxylation is 1. The van der Waals surface area contributed by atoms with Crippen LogP contribution in [-0.2, 0) is 0 Å². The Labute approximate surface area is 148 Å². The van der Waals surface area contributed by atoms with Gasteiger partial charge < -0.3 is 10.2 Å². The normalized spacial score (nSPS) is 11.0. The maximum Gasteiger partial charge on any atom is 0.335 e. The van der Waals surface area contributed by atoms with Gasteiger partial charge in [-0.05, 0) is 42.8 Å². The second-order valence-corrected chi connectivity index (χ2v) is 5.41. The lowest BCUT2D eigenvalue weighted by Gasteiger charge is -2.05. The van der Waals surface area contributed by atoms with E-state index in [0.29, 0.717) is 11.3 Å². The molecule has 0 fully saturated rings. The van der Waals surface area contributed by atoms with E-state index in [1.165, 1.54) is 29.1 Å². The Morgan fingerprint density at radius 2 is 1.92 bits per heavy atom. The molecular weight excluding hydrogens is 338 g/mol. The molecule has 0 aliphatic heterocycles. The van der Waals surface area contributed by atoms with E-state index in [1.54, 1.807) is 31.2 Å². The monoisotopic (exact) mass is 353 g/mol. The van der Waals surface area contributed by atoms with Crippen LogP contribution in [0.25, 0.3) is 5.69 Å². The molecule has 0 amide bonds. The predicted octanol–water partition coefficient (Wildman–Crippen LogP) is 2.95. The summed E-state index contributed by atoms with van der Waals surface area (Å²) in [6, 6.07) is 13.1. The summed E-state index contributed by atoms with van der Waals surface area (Å²) in [6.07, 6.45) is 1.36. The first-order valence-electron chi connectivity index (χ1n) is 7.58. The van der Waals surface area contributed by atoms with E-state index in [-0.39, 0.29) is 28.7 Å². The standard InChI is InChI=1S/C17H15N5O4/c1-11-16(22(25)26)17(21(20-11)13-5-3-2-4-6-13)19-18-10-12-7-8-14(23)15(24)9-12/h2-10,19,23-24H,1H3/b18-10+. The van der Waals surface area contributed by atoms with E-state index in [9.17, 15) is 20.3 Å². The minimum atomic E-state index is -0.522. The molecule has 3 N–H and O–H groups in total. The highest BCUT2D eigenvalue weighted by Gasteiger charge is 2.26. The van der Waals surface area contributed by atoms with Crippen molar-refractivity contribution in [1.29, 1.82) is 0 Å². The highest BCUT2D eigenvalue weighted by Crippen LogP contribution is 2.30. The van der Waals surface area contributed by atoms with Gasteiger partial charge in [-0.25, -0.2) is 4.68 Å². The summed E-state index contributed by atoms with van der Waals surface area (Å²) in [5.41, 5.74) is 3.86. The Morgan fingerprint density at radius 3 is 2.58 bits per heavy atom. The molecule has 3 aromatic rings. The van der Waals surface area contributed by atoms with Gasteiger partial charge in [0, 0.05) is 0 Å². The summed E-state index contributed by atoms with van der Waals surface area (Å²) in [5, 5.41) is 38.4. The first-order chi connectivity index (χ1) is 12.5. The fourth-order valence-corrected chi connectivity index (χ4v) is 2.38. The molecule has 0 saturated carbocycles. The SMILES string of the molecule is Cc1nn(-c2ccccc2)c(N/N=C/c2ccc(O)c(O)c2)c1[N+](=O)[O-]. The summed E-state index contributed by atoms with van der Waals surface area (Å²) in [7, 11) is 0. The van der Waals surface area contributed by atoms with Crippen molar-refractivity contribution in [1.82, 2.24) is 9.78 Å². The Bertz CT molecular complexity index is 982. The molecule has 0 atom stereocenters. The van der Waals surface area contributed by atoms with E-state index in [2.05, 4.69) is 15.6 Å². The molecule has 1 aromatic heterocycles. The number of phenolic OH excluding ortho intramolecular Hbond substituents is 2. The number of aromatic hydroxyl groups is 2. The molecule has 2 aromatic carbocycles. The number of nitrogens with one attached hydrogen (secondary N) is 1. The zero-order chi connectivity index (χ0) is 18.7. The van der Waals surface area contributed by atoms with E-state index in [1.807, 2.05) is 6.07 Å². The lowest BCUT2D eigenvalue weighted by Crippen LogP contribution is -2.03. The highest BCUT2D eigenvalue weighted by molar-refractivity contribution is 5.81. The van der Waals surface area contributed by atoms with Gasteiger partial charge in [0.15, 0.2) is 11.5 Å². The third kappa shape index (κ3) is 3.31. The van der Waals surface area contributed by atoms with Crippen molar-refractivity contribution in [2.24, 2.45) is 5.10 Å². The Kier molecular flexibility index (Phi) is 4.52. The zero-order valence-corrected chi connectivity index (χ0v) is 13.7. The molecule has 132 valence electrons. The quantitative estimate of drug-likeness (QED) is 0.280. The molecule has 26 heavy (non-hydrogen) atoms. The smallest absolute Gasteiger partial charge is 0.335 e. The fraction of sp³-hybridized carbons (Fsp3) is 0.0588. The molecule has 0 spiro atoms. The number of para-hydroxylation sites is 1. The van der Waals surface area contributed by atoms with Crippen LogP contribution < -0.4 is 5.43 Å². The van der Waals surface area contributed by atoms with Crippen LogP contribution in [0, 0.1) is 17.0 Å². The largest absolute Gasteiger partial charge is 0.504 e. The molecule has 9 heteroatoms. The molecular formula is C17H15N5O4. The number of hydrazone groups is 1. The molecule has 3 rings (SSSR count). The molecule has 1 heterocycles. The van der Waals surface area contributed by atoms with Crippen molar-refractivity contribution in [3.8, 4) is 17.2 Å². The van der Waals surface area contributed by atoms with Crippen LogP contribution in [0.4, 0.5) is 11.5 Å². The number of anilines is 1. The number of hydrogen-bond donors (Lipinski definition) is 3. The van der Waals surface area contributed by atoms with Crippen LogP contribution >= 0.6 is 0 Å². The number of nitrogens with zero attached hydrogens (tertiary/aromatic N) is 4. The van der Waals surface area contributed by atoms with E-state index in [4.69, 9.17) is 0 Å². The first-order valence-corrected chi connectivity index (χ1v) is 7.58. The number of phenols is 2. The molecule has 0 radical (unpaired) electrons. The molecule has 0 saturated heterocycles. The lowest BCUT2D eigenvalue weighted by atomic mass is 10.2. The van der Waals surface area contributed by atoms with Crippen LogP contribution in [0.2, 0.25) is 0 Å². The van der Waals surface area contributed by atoms with Crippen molar-refractivity contribution in [3.63, 3.8) is 0 Å². The third-order valence-corrected chi connectivity index (χ3v) is 3.60. The number of aromatic nitrogens is 2. The van der Waals surface area contributed by atoms with Crippen molar-refractivity contribution in [2.45, 2.75) is 6.92 Å². The maximum absolute atomic E-state index is 11.4. The molecule has 0 bridgehead atoms. The Morgan fingerprint density at radius 1 is 1.19 bits per heavy atom. The maximum atomic E-state index is 11.4. The topological polar surface area (TPSA) is 126 Å². The average Bonchev–Trinajstić information content (AvgIpc) is 2.95. The van der Waals surface area contributed by atoms with Gasteiger partial charge >= 0.3 is 5.69 Å². The summed E-state index contributed by atoms with van der Waals surface area (Å²) >= 11 is 0. The molecule has 0 aliphatic carbocycles. The van der Waals surface area contributed by atoms with Gasteiger partial charge in [0.05, 0.1) is 16.8 Å². The van der Waals surface area contributed by atoms with Crippen LogP contribution in [0.1, 0.15) is 11.3 Å². The number of nitro groups is 1. The van der Waals surface area contributed by atoms with E-state index >= 15 is 0 Å². The van der Waals surface area contributed by atoms with Gasteiger partial charge in [-0.2, -0.15) is 10.2 Å². The van der Waals surface area contributed by atoms with Gasteiger partial charge in [0.2, 0.25) is 5.82 Å². The highest BCUT2D eigenvalue weighted by atomic mass is 16.6. The second kappa shape index (κ2) is 6.93. The Hall–Kier alpha value is -3.88. The van der Waals surface area contributed by atoms with Gasteiger partial charge in [0.25, 0.3) is 0 Å². The average molecular weight is 353 g/mol. The molecule has 9 nitrogen and oxygen atoms in total. The van der Waals surface area contributed by atoms with Crippen LogP contribution in [0.5, 0.6) is 11.5 Å². The summed E-state index contributed by atoms with van der Waals surface area (Å²) in [5.74, 6) is -0.424. The van der Waals surface area contributed by atoms with Gasteiger partial charge in [-0.3, -0.25) is 15.5 Å². The summed E-state index contributed by atoms with van der Waals surface area (Å²) < 4.78 is 1.40. The number of hydrogen-bond acceptors (Lipinski definition) is 7. The van der Waals surface area contributed by atoms with Crippen LogP contribution in [-0.4, -0.2) is 31.1 Å². The van der Waals surface area contributed by atoms with Crippen molar-refractivity contribution in [2.75, 3.05) is 5.43 Å². The Balaban J connectivity index is 1.96. The first kappa shape index (κ1) is 17.0. The van der Waals surface area contributed by atoms with Crippen LogP contribution in [0.15, 0.2) is 53.6 Å². The fourth-order valence-electron chi connectivity index (χ4n) is 2.38.